The van der Waals surface area contributed by atoms with E-state index >= 15 is 0 Å². The number of fused-ring (bicyclic) bond motifs is 1. The van der Waals surface area contributed by atoms with Crippen LogP contribution in [0.25, 0.3) is 0 Å². The van der Waals surface area contributed by atoms with Crippen LogP contribution in [0.5, 0.6) is 5.75 Å². The first kappa shape index (κ1) is 36.9. The van der Waals surface area contributed by atoms with E-state index in [1.807, 2.05) is 31.2 Å². The Balaban J connectivity index is 0.894. The molecule has 0 bridgehead atoms. The van der Waals surface area contributed by atoms with Gasteiger partial charge in [-0.1, -0.05) is 43.3 Å². The van der Waals surface area contributed by atoms with Crippen molar-refractivity contribution in [1.29, 1.82) is 0 Å². The maximum atomic E-state index is 14.2. The van der Waals surface area contributed by atoms with Crippen molar-refractivity contribution < 1.29 is 19.4 Å². The number of piperazine rings is 1. The van der Waals surface area contributed by atoms with Crippen LogP contribution >= 0.6 is 0 Å². The first-order valence-electron chi connectivity index (χ1n) is 20.6. The second kappa shape index (κ2) is 15.6. The Labute approximate surface area is 320 Å². The van der Waals surface area contributed by atoms with Gasteiger partial charge >= 0.3 is 0 Å². The average Bonchev–Trinajstić information content (AvgIpc) is 3.97. The number of carbonyl (C=O) groups is 2. The number of nitrogens with zero attached hydrogens (tertiary/aromatic N) is 6. The number of ether oxygens (including phenoxy) is 1. The Morgan fingerprint density at radius 3 is 2.24 bits per heavy atom. The van der Waals surface area contributed by atoms with Crippen molar-refractivity contribution in [3.05, 3.63) is 71.3 Å². The highest BCUT2D eigenvalue weighted by Gasteiger charge is 2.63. The summed E-state index contributed by atoms with van der Waals surface area (Å²) in [6.45, 7) is 12.0. The van der Waals surface area contributed by atoms with E-state index in [0.29, 0.717) is 19.4 Å². The lowest BCUT2D eigenvalue weighted by Crippen LogP contribution is -2.58. The third-order valence-electron chi connectivity index (χ3n) is 13.6. The number of aliphatic hydroxyl groups is 1. The smallest absolute Gasteiger partial charge is 0.229 e. The standard InChI is InChI=1S/C44H58N6O4/c1-32-12-15-37(54-31-33-10-4-3-5-11-33)27-34(32)13-14-35-26-36(51)29-43(2)38(35)16-17-44(43,53)39(52)30-47-22-24-49(25-23-47)41-28-40(48-18-6-7-19-48)45-42(46-41)50-20-8-9-21-50/h3-5,10-12,15,27-28,35,38,53H,6-9,13-14,16-26,29-31H2,1-2H3/t35?,38?,43?,44-/m0/s1. The van der Waals surface area contributed by atoms with Crippen molar-refractivity contribution in [2.45, 2.75) is 90.3 Å². The highest BCUT2D eigenvalue weighted by Crippen LogP contribution is 2.59. The molecule has 2 aromatic carbocycles. The van der Waals surface area contributed by atoms with Crippen molar-refractivity contribution >= 4 is 29.2 Å². The van der Waals surface area contributed by atoms with Gasteiger partial charge < -0.3 is 24.5 Å². The van der Waals surface area contributed by atoms with Crippen molar-refractivity contribution in [3.63, 3.8) is 0 Å². The molecule has 0 radical (unpaired) electrons. The molecule has 2 saturated carbocycles. The number of Topliss-reactive ketones (excluding diaryl/α,β-unsaturated/α-hetero) is 2. The molecule has 288 valence electrons. The van der Waals surface area contributed by atoms with Crippen LogP contribution in [0.15, 0.2) is 54.6 Å². The fourth-order valence-electron chi connectivity index (χ4n) is 10.3. The first-order chi connectivity index (χ1) is 26.2. The van der Waals surface area contributed by atoms with Crippen LogP contribution in [0.4, 0.5) is 17.6 Å². The van der Waals surface area contributed by atoms with Crippen LogP contribution in [-0.4, -0.2) is 96.0 Å². The van der Waals surface area contributed by atoms with Gasteiger partial charge in [0.1, 0.15) is 35.4 Å². The number of benzene rings is 2. The number of hydrogen-bond acceptors (Lipinski definition) is 10. The third-order valence-corrected chi connectivity index (χ3v) is 13.6. The third kappa shape index (κ3) is 7.48. The molecule has 10 heteroatoms. The fourth-order valence-corrected chi connectivity index (χ4v) is 10.3. The second-order valence-corrected chi connectivity index (χ2v) is 17.0. The van der Waals surface area contributed by atoms with E-state index in [1.165, 1.54) is 36.8 Å². The van der Waals surface area contributed by atoms with E-state index in [4.69, 9.17) is 14.7 Å². The summed E-state index contributed by atoms with van der Waals surface area (Å²) in [5, 5.41) is 12.3. The van der Waals surface area contributed by atoms with E-state index in [2.05, 4.69) is 56.9 Å². The van der Waals surface area contributed by atoms with Gasteiger partial charge in [0.15, 0.2) is 5.78 Å². The summed E-state index contributed by atoms with van der Waals surface area (Å²) in [6.07, 6.45) is 8.45. The van der Waals surface area contributed by atoms with Crippen LogP contribution in [-0.2, 0) is 22.6 Å². The predicted molar refractivity (Wildman–Crippen MR) is 212 cm³/mol. The monoisotopic (exact) mass is 734 g/mol. The van der Waals surface area contributed by atoms with Crippen LogP contribution in [0, 0.1) is 24.2 Å². The van der Waals surface area contributed by atoms with Gasteiger partial charge in [-0.15, -0.1) is 0 Å². The number of ketones is 2. The van der Waals surface area contributed by atoms with Gasteiger partial charge in [-0.2, -0.15) is 9.97 Å². The number of hydrogen-bond donors (Lipinski definition) is 1. The molecule has 3 unspecified atom stereocenters. The van der Waals surface area contributed by atoms with Crippen molar-refractivity contribution in [1.82, 2.24) is 14.9 Å². The Bertz CT molecular complexity index is 1770. The Morgan fingerprint density at radius 2 is 1.54 bits per heavy atom. The minimum Gasteiger partial charge on any atom is -0.489 e. The number of anilines is 3. The SMILES string of the molecule is Cc1ccc(OCc2ccccc2)cc1CCC1CC(=O)CC2(C)C1CC[C@]2(O)C(=O)CN1CCN(c2cc(N3CCCC3)nc(N3CCCC3)n2)CC1. The summed E-state index contributed by atoms with van der Waals surface area (Å²) >= 11 is 0. The van der Waals surface area contributed by atoms with Crippen LogP contribution < -0.4 is 19.4 Å². The lowest BCUT2D eigenvalue weighted by molar-refractivity contribution is -0.160. The minimum atomic E-state index is -1.49. The molecule has 4 atom stereocenters. The molecule has 2 aliphatic carbocycles. The molecule has 0 amide bonds. The van der Waals surface area contributed by atoms with Crippen LogP contribution in [0.3, 0.4) is 0 Å². The number of carbonyl (C=O) groups excluding carboxylic acids is 2. The quantitative estimate of drug-likeness (QED) is 0.238. The van der Waals surface area contributed by atoms with Crippen molar-refractivity contribution in [3.8, 4) is 5.75 Å². The van der Waals surface area contributed by atoms with E-state index in [0.717, 1.165) is 101 Å². The zero-order valence-electron chi connectivity index (χ0n) is 32.3. The topological polar surface area (TPSA) is 102 Å². The summed E-state index contributed by atoms with van der Waals surface area (Å²) in [4.78, 5) is 46.9. The van der Waals surface area contributed by atoms with E-state index in [1.54, 1.807) is 0 Å². The summed E-state index contributed by atoms with van der Waals surface area (Å²) in [5.41, 5.74) is 1.33. The van der Waals surface area contributed by atoms with Gasteiger partial charge in [0.05, 0.1) is 6.54 Å². The van der Waals surface area contributed by atoms with Gasteiger partial charge in [-0.05, 0) is 98.9 Å². The molecule has 10 nitrogen and oxygen atoms in total. The molecular formula is C44H58N6O4. The summed E-state index contributed by atoms with van der Waals surface area (Å²) < 4.78 is 6.13. The van der Waals surface area contributed by atoms with Gasteiger partial charge in [0.25, 0.3) is 0 Å². The van der Waals surface area contributed by atoms with Gasteiger partial charge in [-0.25, -0.2) is 0 Å². The van der Waals surface area contributed by atoms with Gasteiger partial charge in [0, 0.05) is 76.7 Å². The van der Waals surface area contributed by atoms with Crippen molar-refractivity contribution in [2.24, 2.45) is 17.3 Å². The van der Waals surface area contributed by atoms with Crippen LogP contribution in [0.1, 0.15) is 81.4 Å². The molecule has 3 aromatic rings. The highest BCUT2D eigenvalue weighted by atomic mass is 16.5. The number of aromatic nitrogens is 2. The lowest BCUT2D eigenvalue weighted by Gasteiger charge is -2.48. The Hall–Kier alpha value is -4.02. The maximum absolute atomic E-state index is 14.2. The zero-order valence-corrected chi connectivity index (χ0v) is 32.3. The van der Waals surface area contributed by atoms with E-state index < -0.39 is 11.0 Å². The number of aryl methyl sites for hydroxylation is 2. The summed E-state index contributed by atoms with van der Waals surface area (Å²) in [5.74, 6) is 4.00. The number of rotatable bonds is 12. The van der Waals surface area contributed by atoms with Gasteiger partial charge in [0.2, 0.25) is 5.95 Å². The maximum Gasteiger partial charge on any atom is 0.229 e. The molecular weight excluding hydrogens is 677 g/mol. The molecule has 5 fully saturated rings. The molecule has 5 aliphatic rings. The second-order valence-electron chi connectivity index (χ2n) is 17.0. The molecule has 1 aromatic heterocycles. The summed E-state index contributed by atoms with van der Waals surface area (Å²) in [7, 11) is 0. The van der Waals surface area contributed by atoms with Gasteiger partial charge in [-0.3, -0.25) is 14.5 Å². The Kier molecular flexibility index (Phi) is 10.7. The average molecular weight is 735 g/mol. The summed E-state index contributed by atoms with van der Waals surface area (Å²) in [6, 6.07) is 18.6. The highest BCUT2D eigenvalue weighted by molar-refractivity contribution is 5.92. The molecule has 3 aliphatic heterocycles. The van der Waals surface area contributed by atoms with E-state index in [9.17, 15) is 14.7 Å². The molecule has 3 saturated heterocycles. The predicted octanol–water partition coefficient (Wildman–Crippen LogP) is 6.01. The largest absolute Gasteiger partial charge is 0.489 e. The molecule has 54 heavy (non-hydrogen) atoms. The Morgan fingerprint density at radius 1 is 0.870 bits per heavy atom. The fraction of sp³-hybridized carbons (Fsp3) is 0.591. The molecule has 1 N–H and O–H groups in total. The zero-order chi connectivity index (χ0) is 37.3. The first-order valence-corrected chi connectivity index (χ1v) is 20.6. The molecule has 8 rings (SSSR count). The molecule has 0 spiro atoms. The van der Waals surface area contributed by atoms with Crippen molar-refractivity contribution in [2.75, 3.05) is 73.6 Å². The molecule has 4 heterocycles. The minimum absolute atomic E-state index is 0.122. The lowest BCUT2D eigenvalue weighted by atomic mass is 9.57. The van der Waals surface area contributed by atoms with E-state index in [-0.39, 0.29) is 36.4 Å². The van der Waals surface area contributed by atoms with Crippen LogP contribution in [0.2, 0.25) is 0 Å². The normalized spacial score (nSPS) is 27.5.